The molecule has 0 fully saturated rings. The Morgan fingerprint density at radius 1 is 1.15 bits per heavy atom. The maximum atomic E-state index is 13.6. The minimum Gasteiger partial charge on any atom is -0.392 e. The number of aryl methyl sites for hydroxylation is 1. The third kappa shape index (κ3) is 3.56. The van der Waals surface area contributed by atoms with Gasteiger partial charge in [0.25, 0.3) is 0 Å². The topological polar surface area (TPSA) is 20.2 Å². The van der Waals surface area contributed by atoms with Gasteiger partial charge in [0, 0.05) is 17.0 Å². The monoisotopic (exact) mass is 296 g/mol. The lowest BCUT2D eigenvalue weighted by Gasteiger charge is -2.14. The predicted molar refractivity (Wildman–Crippen MR) is 76.0 cm³/mol. The summed E-state index contributed by atoms with van der Waals surface area (Å²) in [5.41, 5.74) is 1.91. The van der Waals surface area contributed by atoms with Crippen molar-refractivity contribution in [3.05, 3.63) is 69.7 Å². The Bertz CT molecular complexity index is 593. The maximum absolute atomic E-state index is 13.6. The van der Waals surface area contributed by atoms with E-state index < -0.39 is 11.9 Å². The van der Waals surface area contributed by atoms with Gasteiger partial charge in [-0.1, -0.05) is 23.7 Å². The van der Waals surface area contributed by atoms with Crippen LogP contribution < -0.4 is 0 Å². The standard InChI is InChI=1S/C16H15ClF2O/c1-10-7-12(18)6-5-11(10)8-13(20)9-14-15(17)3-2-4-16(14)19/h2-7,13,20H,8-9H2,1H3. The molecular weight excluding hydrogens is 282 g/mol. The van der Waals surface area contributed by atoms with Crippen LogP contribution >= 0.6 is 11.6 Å². The van der Waals surface area contributed by atoms with E-state index in [1.165, 1.54) is 24.3 Å². The van der Waals surface area contributed by atoms with Crippen molar-refractivity contribution in [3.63, 3.8) is 0 Å². The van der Waals surface area contributed by atoms with E-state index in [1.807, 2.05) is 0 Å². The zero-order valence-electron chi connectivity index (χ0n) is 11.0. The molecule has 2 rings (SSSR count). The summed E-state index contributed by atoms with van der Waals surface area (Å²) in [5, 5.41) is 10.4. The fraction of sp³-hybridized carbons (Fsp3) is 0.250. The number of hydrogen-bond donors (Lipinski definition) is 1. The average Bonchev–Trinajstić information content (AvgIpc) is 2.37. The van der Waals surface area contributed by atoms with E-state index in [0.717, 1.165) is 11.1 Å². The normalized spacial score (nSPS) is 12.4. The minimum absolute atomic E-state index is 0.127. The van der Waals surface area contributed by atoms with E-state index in [1.54, 1.807) is 19.1 Å². The summed E-state index contributed by atoms with van der Waals surface area (Å²) in [4.78, 5) is 0. The molecule has 1 N–H and O–H groups in total. The van der Waals surface area contributed by atoms with Crippen LogP contribution in [-0.2, 0) is 12.8 Å². The first-order valence-corrected chi connectivity index (χ1v) is 6.71. The number of benzene rings is 2. The molecule has 1 nitrogen and oxygen atoms in total. The fourth-order valence-corrected chi connectivity index (χ4v) is 2.42. The lowest BCUT2D eigenvalue weighted by Crippen LogP contribution is -2.16. The van der Waals surface area contributed by atoms with Gasteiger partial charge in [-0.15, -0.1) is 0 Å². The molecule has 2 aromatic rings. The highest BCUT2D eigenvalue weighted by Gasteiger charge is 2.14. The van der Waals surface area contributed by atoms with Gasteiger partial charge in [0.05, 0.1) is 6.10 Å². The van der Waals surface area contributed by atoms with Gasteiger partial charge in [0.15, 0.2) is 0 Å². The van der Waals surface area contributed by atoms with Crippen LogP contribution in [0.5, 0.6) is 0 Å². The highest BCUT2D eigenvalue weighted by atomic mass is 35.5. The van der Waals surface area contributed by atoms with Crippen molar-refractivity contribution in [1.29, 1.82) is 0 Å². The molecule has 0 aliphatic carbocycles. The maximum Gasteiger partial charge on any atom is 0.127 e. The third-order valence-electron chi connectivity index (χ3n) is 3.26. The van der Waals surface area contributed by atoms with Gasteiger partial charge in [-0.25, -0.2) is 8.78 Å². The number of halogens is 3. The molecular formula is C16H15ClF2O. The van der Waals surface area contributed by atoms with Crippen molar-refractivity contribution in [2.24, 2.45) is 0 Å². The van der Waals surface area contributed by atoms with Gasteiger partial charge >= 0.3 is 0 Å². The molecule has 2 aromatic carbocycles. The first-order chi connectivity index (χ1) is 9.47. The molecule has 0 radical (unpaired) electrons. The van der Waals surface area contributed by atoms with Crippen LogP contribution in [0.1, 0.15) is 16.7 Å². The second-order valence-corrected chi connectivity index (χ2v) is 5.24. The predicted octanol–water partition coefficient (Wildman–Crippen LogP) is 4.07. The van der Waals surface area contributed by atoms with Gasteiger partial charge in [-0.2, -0.15) is 0 Å². The van der Waals surface area contributed by atoms with Crippen LogP contribution in [0.4, 0.5) is 8.78 Å². The first kappa shape index (κ1) is 14.9. The van der Waals surface area contributed by atoms with Crippen LogP contribution in [0, 0.1) is 18.6 Å². The molecule has 0 aliphatic rings. The zero-order valence-corrected chi connectivity index (χ0v) is 11.8. The molecule has 0 saturated carbocycles. The summed E-state index contributed by atoms with van der Waals surface area (Å²) in [7, 11) is 0. The minimum atomic E-state index is -0.770. The highest BCUT2D eigenvalue weighted by molar-refractivity contribution is 6.31. The molecule has 0 amide bonds. The second-order valence-electron chi connectivity index (χ2n) is 4.83. The van der Waals surface area contributed by atoms with Crippen LogP contribution in [0.15, 0.2) is 36.4 Å². The van der Waals surface area contributed by atoms with Crippen LogP contribution in [0.3, 0.4) is 0 Å². The van der Waals surface area contributed by atoms with E-state index >= 15 is 0 Å². The zero-order chi connectivity index (χ0) is 14.7. The number of rotatable bonds is 4. The Labute approximate surface area is 121 Å². The van der Waals surface area contributed by atoms with Crippen LogP contribution in [0.25, 0.3) is 0 Å². The van der Waals surface area contributed by atoms with Gasteiger partial charge < -0.3 is 5.11 Å². The SMILES string of the molecule is Cc1cc(F)ccc1CC(O)Cc1c(F)cccc1Cl. The van der Waals surface area contributed by atoms with Crippen molar-refractivity contribution in [3.8, 4) is 0 Å². The van der Waals surface area contributed by atoms with Crippen molar-refractivity contribution < 1.29 is 13.9 Å². The molecule has 0 aromatic heterocycles. The van der Waals surface area contributed by atoms with Crippen molar-refractivity contribution in [2.45, 2.75) is 25.9 Å². The lowest BCUT2D eigenvalue weighted by molar-refractivity contribution is 0.174. The Kier molecular flexibility index (Phi) is 4.73. The molecule has 0 saturated heterocycles. The summed E-state index contributed by atoms with van der Waals surface area (Å²) in [6.07, 6.45) is -0.312. The van der Waals surface area contributed by atoms with Crippen molar-refractivity contribution in [1.82, 2.24) is 0 Å². The summed E-state index contributed by atoms with van der Waals surface area (Å²) in [5.74, 6) is -0.731. The Morgan fingerprint density at radius 3 is 2.55 bits per heavy atom. The van der Waals surface area contributed by atoms with Gasteiger partial charge in [-0.05, 0) is 48.7 Å². The van der Waals surface area contributed by atoms with Gasteiger partial charge in [0.1, 0.15) is 11.6 Å². The number of hydrogen-bond acceptors (Lipinski definition) is 1. The Morgan fingerprint density at radius 2 is 1.90 bits per heavy atom. The molecule has 0 heterocycles. The first-order valence-electron chi connectivity index (χ1n) is 6.33. The third-order valence-corrected chi connectivity index (χ3v) is 3.62. The van der Waals surface area contributed by atoms with E-state index in [-0.39, 0.29) is 12.2 Å². The van der Waals surface area contributed by atoms with E-state index in [9.17, 15) is 13.9 Å². The second kappa shape index (κ2) is 6.33. The summed E-state index contributed by atoms with van der Waals surface area (Å²) >= 11 is 5.93. The molecule has 106 valence electrons. The quantitative estimate of drug-likeness (QED) is 0.901. The van der Waals surface area contributed by atoms with Crippen LogP contribution in [-0.4, -0.2) is 11.2 Å². The van der Waals surface area contributed by atoms with Crippen LogP contribution in [0.2, 0.25) is 5.02 Å². The van der Waals surface area contributed by atoms with Gasteiger partial charge in [0.2, 0.25) is 0 Å². The van der Waals surface area contributed by atoms with Crippen molar-refractivity contribution in [2.75, 3.05) is 0 Å². The summed E-state index contributed by atoms with van der Waals surface area (Å²) < 4.78 is 26.6. The van der Waals surface area contributed by atoms with Crippen molar-refractivity contribution >= 4 is 11.6 Å². The highest BCUT2D eigenvalue weighted by Crippen LogP contribution is 2.22. The molecule has 0 aliphatic heterocycles. The molecule has 0 spiro atoms. The van der Waals surface area contributed by atoms with E-state index in [0.29, 0.717) is 17.0 Å². The smallest absolute Gasteiger partial charge is 0.127 e. The van der Waals surface area contributed by atoms with Gasteiger partial charge in [-0.3, -0.25) is 0 Å². The molecule has 20 heavy (non-hydrogen) atoms. The van der Waals surface area contributed by atoms with E-state index in [4.69, 9.17) is 11.6 Å². The Balaban J connectivity index is 2.11. The fourth-order valence-electron chi connectivity index (χ4n) is 2.18. The summed E-state index contributed by atoms with van der Waals surface area (Å²) in [6.45, 7) is 1.78. The Hall–Kier alpha value is -1.45. The molecule has 1 atom stereocenters. The largest absolute Gasteiger partial charge is 0.392 e. The molecule has 1 unspecified atom stereocenters. The molecule has 0 bridgehead atoms. The number of aliphatic hydroxyl groups excluding tert-OH is 1. The lowest BCUT2D eigenvalue weighted by atomic mass is 9.98. The number of aliphatic hydroxyl groups is 1. The molecule has 4 heteroatoms. The summed E-state index contributed by atoms with van der Waals surface area (Å²) in [6, 6.07) is 8.84. The average molecular weight is 297 g/mol. The van der Waals surface area contributed by atoms with E-state index in [2.05, 4.69) is 0 Å².